The highest BCUT2D eigenvalue weighted by Gasteiger charge is 2.26. The van der Waals surface area contributed by atoms with E-state index in [1.165, 1.54) is 12.1 Å². The van der Waals surface area contributed by atoms with Crippen molar-refractivity contribution >= 4 is 15.7 Å². The molecule has 0 N–H and O–H groups in total. The second-order valence-corrected chi connectivity index (χ2v) is 8.62. The molecule has 1 aliphatic heterocycles. The molecule has 1 aromatic heterocycles. The molecule has 0 saturated carbocycles. The molecule has 1 atom stereocenters. The van der Waals surface area contributed by atoms with Gasteiger partial charge in [0.15, 0.2) is 9.84 Å². The summed E-state index contributed by atoms with van der Waals surface area (Å²) in [4.78, 5) is 14.8. The van der Waals surface area contributed by atoms with Gasteiger partial charge in [-0.3, -0.25) is 9.48 Å². The normalized spacial score (nSPS) is 18.2. The first-order valence-electron chi connectivity index (χ1n) is 8.58. The van der Waals surface area contributed by atoms with Crippen LogP contribution in [0.3, 0.4) is 0 Å². The Labute approximate surface area is 158 Å². The molecule has 8 nitrogen and oxygen atoms in total. The molecular weight excluding hydrogens is 370 g/mol. The fourth-order valence-electron chi connectivity index (χ4n) is 2.97. The minimum atomic E-state index is -3.25. The number of hydrogen-bond donors (Lipinski definition) is 0. The monoisotopic (exact) mass is 393 g/mol. The lowest BCUT2D eigenvalue weighted by molar-refractivity contribution is 0.0645. The van der Waals surface area contributed by atoms with Crippen LogP contribution in [0.5, 0.6) is 5.75 Å². The van der Waals surface area contributed by atoms with Gasteiger partial charge in [-0.15, -0.1) is 0 Å². The number of carbonyl (C=O) groups excluding carboxylic acids is 1. The van der Waals surface area contributed by atoms with E-state index in [0.29, 0.717) is 37.7 Å². The molecule has 0 radical (unpaired) electrons. The van der Waals surface area contributed by atoms with Gasteiger partial charge >= 0.3 is 0 Å². The van der Waals surface area contributed by atoms with Gasteiger partial charge in [0.2, 0.25) is 0 Å². The molecule has 1 amide bonds. The van der Waals surface area contributed by atoms with Gasteiger partial charge in [-0.2, -0.15) is 5.10 Å². The molecule has 3 rings (SSSR count). The van der Waals surface area contributed by atoms with Crippen LogP contribution in [-0.2, 0) is 21.6 Å². The van der Waals surface area contributed by atoms with Crippen LogP contribution >= 0.6 is 0 Å². The minimum absolute atomic E-state index is 0.121. The van der Waals surface area contributed by atoms with Gasteiger partial charge < -0.3 is 14.4 Å². The molecule has 9 heteroatoms. The number of rotatable bonds is 4. The first-order chi connectivity index (χ1) is 12.7. The summed E-state index contributed by atoms with van der Waals surface area (Å²) in [6.45, 7) is 3.46. The number of amides is 1. The maximum absolute atomic E-state index is 12.8. The molecule has 27 heavy (non-hydrogen) atoms. The van der Waals surface area contributed by atoms with Crippen molar-refractivity contribution in [3.05, 3.63) is 41.7 Å². The first-order valence-corrected chi connectivity index (χ1v) is 10.5. The second kappa shape index (κ2) is 7.69. The standard InChI is InChI=1S/C18H23N3O5S/c1-13-10-17(20(2)19-13)18(22)21-8-9-25-12-15(11-21)26-14-4-6-16(7-5-14)27(3,23)24/h4-7,10,15H,8-9,11-12H2,1-3H3/t15-/m1/s1. The highest BCUT2D eigenvalue weighted by Crippen LogP contribution is 2.19. The summed E-state index contributed by atoms with van der Waals surface area (Å²) in [5.74, 6) is 0.409. The SMILES string of the molecule is Cc1cc(C(=O)N2CCOC[C@H](Oc3ccc(S(C)(=O)=O)cc3)C2)n(C)n1. The Hall–Kier alpha value is -2.39. The maximum Gasteiger partial charge on any atom is 0.272 e. The van der Waals surface area contributed by atoms with Gasteiger partial charge in [-0.05, 0) is 37.3 Å². The van der Waals surface area contributed by atoms with E-state index in [1.807, 2.05) is 6.92 Å². The lowest BCUT2D eigenvalue weighted by atomic mass is 10.2. The van der Waals surface area contributed by atoms with E-state index in [-0.39, 0.29) is 16.9 Å². The number of hydrogen-bond acceptors (Lipinski definition) is 6. The fourth-order valence-corrected chi connectivity index (χ4v) is 3.60. The molecule has 1 saturated heterocycles. The Morgan fingerprint density at radius 2 is 2.00 bits per heavy atom. The van der Waals surface area contributed by atoms with E-state index in [0.717, 1.165) is 11.9 Å². The van der Waals surface area contributed by atoms with Crippen LogP contribution in [0.4, 0.5) is 0 Å². The zero-order valence-corrected chi connectivity index (χ0v) is 16.4. The number of nitrogens with zero attached hydrogens (tertiary/aromatic N) is 3. The highest BCUT2D eigenvalue weighted by molar-refractivity contribution is 7.90. The summed E-state index contributed by atoms with van der Waals surface area (Å²) < 4.78 is 36.2. The largest absolute Gasteiger partial charge is 0.486 e. The van der Waals surface area contributed by atoms with Crippen molar-refractivity contribution in [2.45, 2.75) is 17.9 Å². The summed E-state index contributed by atoms with van der Waals surface area (Å²) in [6, 6.07) is 7.98. The topological polar surface area (TPSA) is 90.7 Å². The zero-order valence-electron chi connectivity index (χ0n) is 15.6. The predicted molar refractivity (Wildman–Crippen MR) is 98.6 cm³/mol. The number of carbonyl (C=O) groups is 1. The average Bonchev–Trinajstić information content (AvgIpc) is 2.80. The van der Waals surface area contributed by atoms with Crippen LogP contribution in [0.2, 0.25) is 0 Å². The Bertz CT molecular complexity index is 921. The van der Waals surface area contributed by atoms with Crippen LogP contribution in [0.15, 0.2) is 35.2 Å². The molecule has 0 bridgehead atoms. The summed E-state index contributed by atoms with van der Waals surface area (Å²) in [6.07, 6.45) is 0.806. The van der Waals surface area contributed by atoms with Crippen molar-refractivity contribution in [1.29, 1.82) is 0 Å². The average molecular weight is 393 g/mol. The minimum Gasteiger partial charge on any atom is -0.486 e. The van der Waals surface area contributed by atoms with Gasteiger partial charge in [0.1, 0.15) is 17.5 Å². The third kappa shape index (κ3) is 4.67. The molecule has 1 fully saturated rings. The zero-order chi connectivity index (χ0) is 19.6. The van der Waals surface area contributed by atoms with E-state index in [4.69, 9.17) is 9.47 Å². The van der Waals surface area contributed by atoms with Gasteiger partial charge in [0.05, 0.1) is 30.3 Å². The van der Waals surface area contributed by atoms with Crippen LogP contribution in [0.1, 0.15) is 16.2 Å². The van der Waals surface area contributed by atoms with Crippen molar-refractivity contribution in [1.82, 2.24) is 14.7 Å². The summed E-state index contributed by atoms with van der Waals surface area (Å²) >= 11 is 0. The molecule has 2 aromatic rings. The Morgan fingerprint density at radius 3 is 2.59 bits per heavy atom. The van der Waals surface area contributed by atoms with Crippen molar-refractivity contribution in [2.75, 3.05) is 32.6 Å². The van der Waals surface area contributed by atoms with Gasteiger partial charge in [-0.25, -0.2) is 8.42 Å². The molecule has 0 spiro atoms. The molecule has 1 aliphatic rings. The number of aryl methyl sites for hydroxylation is 2. The third-order valence-electron chi connectivity index (χ3n) is 4.30. The third-order valence-corrected chi connectivity index (χ3v) is 5.42. The highest BCUT2D eigenvalue weighted by atomic mass is 32.2. The Balaban J connectivity index is 1.71. The fraction of sp³-hybridized carbons (Fsp3) is 0.444. The molecule has 0 unspecified atom stereocenters. The van der Waals surface area contributed by atoms with Crippen molar-refractivity contribution in [3.8, 4) is 5.75 Å². The lowest BCUT2D eigenvalue weighted by Crippen LogP contribution is -2.40. The van der Waals surface area contributed by atoms with E-state index in [2.05, 4.69) is 5.10 Å². The van der Waals surface area contributed by atoms with Crippen LogP contribution < -0.4 is 4.74 Å². The summed E-state index contributed by atoms with van der Waals surface area (Å²) in [7, 11) is -1.51. The van der Waals surface area contributed by atoms with Crippen molar-refractivity contribution < 1.29 is 22.7 Å². The molecule has 2 heterocycles. The maximum atomic E-state index is 12.8. The number of aromatic nitrogens is 2. The second-order valence-electron chi connectivity index (χ2n) is 6.60. The summed E-state index contributed by atoms with van der Waals surface area (Å²) in [5, 5.41) is 4.22. The molecule has 0 aliphatic carbocycles. The Kier molecular flexibility index (Phi) is 5.52. The van der Waals surface area contributed by atoms with E-state index < -0.39 is 9.84 Å². The summed E-state index contributed by atoms with van der Waals surface area (Å²) in [5.41, 5.74) is 1.30. The number of sulfone groups is 1. The molecule has 146 valence electrons. The smallest absolute Gasteiger partial charge is 0.272 e. The van der Waals surface area contributed by atoms with E-state index in [1.54, 1.807) is 34.8 Å². The Morgan fingerprint density at radius 1 is 1.30 bits per heavy atom. The number of ether oxygens (including phenoxy) is 2. The quantitative estimate of drug-likeness (QED) is 0.771. The van der Waals surface area contributed by atoms with E-state index in [9.17, 15) is 13.2 Å². The molecule has 1 aromatic carbocycles. The molecular formula is C18H23N3O5S. The lowest BCUT2D eigenvalue weighted by Gasteiger charge is -2.24. The van der Waals surface area contributed by atoms with Crippen LogP contribution in [0.25, 0.3) is 0 Å². The number of benzene rings is 1. The van der Waals surface area contributed by atoms with Crippen molar-refractivity contribution in [2.24, 2.45) is 7.05 Å². The van der Waals surface area contributed by atoms with Gasteiger partial charge in [0.25, 0.3) is 5.91 Å². The first kappa shape index (κ1) is 19.4. The van der Waals surface area contributed by atoms with Gasteiger partial charge in [0, 0.05) is 19.8 Å². The predicted octanol–water partition coefficient (Wildman–Crippen LogP) is 1.05. The van der Waals surface area contributed by atoms with Crippen molar-refractivity contribution in [3.63, 3.8) is 0 Å². The van der Waals surface area contributed by atoms with Gasteiger partial charge in [-0.1, -0.05) is 0 Å². The van der Waals surface area contributed by atoms with Crippen LogP contribution in [0, 0.1) is 6.92 Å². The van der Waals surface area contributed by atoms with E-state index >= 15 is 0 Å². The van der Waals surface area contributed by atoms with Crippen LogP contribution in [-0.4, -0.2) is 67.7 Å².